The second-order valence-corrected chi connectivity index (χ2v) is 5.84. The van der Waals surface area contributed by atoms with Gasteiger partial charge in [0.05, 0.1) is 18.7 Å². The molecule has 0 spiro atoms. The maximum atomic E-state index is 5.51. The Labute approximate surface area is 115 Å². The summed E-state index contributed by atoms with van der Waals surface area (Å²) in [5, 5.41) is 4.57. The first-order valence-corrected chi connectivity index (χ1v) is 7.69. The van der Waals surface area contributed by atoms with Gasteiger partial charge in [-0.2, -0.15) is 0 Å². The van der Waals surface area contributed by atoms with Crippen LogP contribution >= 0.6 is 11.8 Å². The van der Waals surface area contributed by atoms with E-state index in [9.17, 15) is 0 Å². The third kappa shape index (κ3) is 5.59. The Balaban J connectivity index is 2.39. The topological polar surface area (TPSA) is 42.8 Å². The highest BCUT2D eigenvalue weighted by Crippen LogP contribution is 2.20. The van der Waals surface area contributed by atoms with E-state index in [0.717, 1.165) is 37.2 Å². The SMILES string of the molecule is CCOCC(NC1=NC(CCOC)CS1)C(C)C. The van der Waals surface area contributed by atoms with Crippen LogP contribution in [0.1, 0.15) is 27.2 Å². The Kier molecular flexibility index (Phi) is 7.70. The summed E-state index contributed by atoms with van der Waals surface area (Å²) in [5.41, 5.74) is 0. The van der Waals surface area contributed by atoms with Gasteiger partial charge < -0.3 is 14.8 Å². The van der Waals surface area contributed by atoms with Crippen LogP contribution in [0.4, 0.5) is 0 Å². The van der Waals surface area contributed by atoms with Gasteiger partial charge in [-0.25, -0.2) is 0 Å². The van der Waals surface area contributed by atoms with E-state index in [2.05, 4.69) is 24.2 Å². The fourth-order valence-electron chi connectivity index (χ4n) is 1.70. The molecule has 0 saturated carbocycles. The number of rotatable bonds is 8. The molecule has 0 amide bonds. The average Bonchev–Trinajstić information content (AvgIpc) is 2.79. The number of hydrogen-bond acceptors (Lipinski definition) is 5. The molecule has 18 heavy (non-hydrogen) atoms. The highest BCUT2D eigenvalue weighted by atomic mass is 32.2. The van der Waals surface area contributed by atoms with E-state index in [0.29, 0.717) is 18.0 Å². The van der Waals surface area contributed by atoms with Crippen molar-refractivity contribution in [3.05, 3.63) is 0 Å². The van der Waals surface area contributed by atoms with Crippen molar-refractivity contribution < 1.29 is 9.47 Å². The number of thioether (sulfide) groups is 1. The van der Waals surface area contributed by atoms with Crippen LogP contribution in [0.2, 0.25) is 0 Å². The lowest BCUT2D eigenvalue weighted by molar-refractivity contribution is 0.115. The van der Waals surface area contributed by atoms with Crippen molar-refractivity contribution in [2.24, 2.45) is 10.9 Å². The Morgan fingerprint density at radius 2 is 2.28 bits per heavy atom. The number of aliphatic imine (C=N–C) groups is 1. The summed E-state index contributed by atoms with van der Waals surface area (Å²) in [6.45, 7) is 8.74. The maximum Gasteiger partial charge on any atom is 0.157 e. The van der Waals surface area contributed by atoms with Crippen LogP contribution in [-0.4, -0.2) is 49.9 Å². The maximum absolute atomic E-state index is 5.51. The summed E-state index contributed by atoms with van der Waals surface area (Å²) in [6, 6.07) is 0.745. The molecule has 5 heteroatoms. The van der Waals surface area contributed by atoms with Crippen molar-refractivity contribution in [1.29, 1.82) is 0 Å². The lowest BCUT2D eigenvalue weighted by Gasteiger charge is -2.22. The van der Waals surface area contributed by atoms with Gasteiger partial charge in [-0.3, -0.25) is 4.99 Å². The summed E-state index contributed by atoms with van der Waals surface area (Å²) < 4.78 is 10.6. The number of methoxy groups -OCH3 is 1. The van der Waals surface area contributed by atoms with Crippen molar-refractivity contribution in [2.45, 2.75) is 39.3 Å². The van der Waals surface area contributed by atoms with E-state index in [4.69, 9.17) is 9.47 Å². The van der Waals surface area contributed by atoms with Crippen LogP contribution in [0.3, 0.4) is 0 Å². The van der Waals surface area contributed by atoms with Crippen LogP contribution in [0.25, 0.3) is 0 Å². The number of nitrogens with one attached hydrogen (secondary N) is 1. The van der Waals surface area contributed by atoms with Crippen molar-refractivity contribution in [3.8, 4) is 0 Å². The molecular weight excluding hydrogens is 248 g/mol. The normalized spacial score (nSPS) is 21.2. The zero-order valence-electron chi connectivity index (χ0n) is 11.9. The van der Waals surface area contributed by atoms with E-state index < -0.39 is 0 Å². The largest absolute Gasteiger partial charge is 0.385 e. The minimum Gasteiger partial charge on any atom is -0.385 e. The zero-order valence-corrected chi connectivity index (χ0v) is 12.8. The lowest BCUT2D eigenvalue weighted by Crippen LogP contribution is -2.40. The quantitative estimate of drug-likeness (QED) is 0.736. The first-order chi connectivity index (χ1) is 8.67. The van der Waals surface area contributed by atoms with Crippen molar-refractivity contribution in [3.63, 3.8) is 0 Å². The summed E-state index contributed by atoms with van der Waals surface area (Å²) in [4.78, 5) is 4.69. The van der Waals surface area contributed by atoms with Crippen LogP contribution < -0.4 is 5.32 Å². The van der Waals surface area contributed by atoms with Crippen molar-refractivity contribution in [2.75, 3.05) is 32.7 Å². The van der Waals surface area contributed by atoms with E-state index in [1.165, 1.54) is 0 Å². The van der Waals surface area contributed by atoms with Gasteiger partial charge in [0, 0.05) is 26.1 Å². The molecule has 0 aromatic carbocycles. The zero-order chi connectivity index (χ0) is 13.4. The first kappa shape index (κ1) is 15.8. The molecule has 1 aliphatic rings. The van der Waals surface area contributed by atoms with Gasteiger partial charge in [0.15, 0.2) is 5.17 Å². The van der Waals surface area contributed by atoms with Gasteiger partial charge in [0.25, 0.3) is 0 Å². The molecule has 1 heterocycles. The van der Waals surface area contributed by atoms with Crippen LogP contribution in [0.15, 0.2) is 4.99 Å². The number of amidine groups is 1. The Bertz CT molecular complexity index is 259. The second-order valence-electron chi connectivity index (χ2n) is 4.83. The molecule has 2 atom stereocenters. The second kappa shape index (κ2) is 8.77. The van der Waals surface area contributed by atoms with Gasteiger partial charge >= 0.3 is 0 Å². The lowest BCUT2D eigenvalue weighted by atomic mass is 10.1. The van der Waals surface area contributed by atoms with Gasteiger partial charge in [-0.15, -0.1) is 0 Å². The van der Waals surface area contributed by atoms with Gasteiger partial charge in [0.1, 0.15) is 0 Å². The summed E-state index contributed by atoms with van der Waals surface area (Å²) in [6.07, 6.45) is 1.01. The highest BCUT2D eigenvalue weighted by molar-refractivity contribution is 8.14. The van der Waals surface area contributed by atoms with Crippen LogP contribution in [0.5, 0.6) is 0 Å². The molecule has 0 radical (unpaired) electrons. The van der Waals surface area contributed by atoms with Crippen molar-refractivity contribution in [1.82, 2.24) is 5.32 Å². The molecule has 0 saturated heterocycles. The Hall–Kier alpha value is -0.260. The molecular formula is C13H26N2O2S. The highest BCUT2D eigenvalue weighted by Gasteiger charge is 2.21. The molecule has 0 bridgehead atoms. The minimum atomic E-state index is 0.345. The molecule has 0 aliphatic carbocycles. The smallest absolute Gasteiger partial charge is 0.157 e. The Morgan fingerprint density at radius 3 is 2.89 bits per heavy atom. The molecule has 0 aromatic rings. The fraction of sp³-hybridized carbons (Fsp3) is 0.923. The Morgan fingerprint density at radius 1 is 1.50 bits per heavy atom. The van der Waals surface area contributed by atoms with E-state index >= 15 is 0 Å². The van der Waals surface area contributed by atoms with Crippen LogP contribution in [0, 0.1) is 5.92 Å². The monoisotopic (exact) mass is 274 g/mol. The first-order valence-electron chi connectivity index (χ1n) is 6.71. The number of ether oxygens (including phenoxy) is 2. The van der Waals surface area contributed by atoms with Gasteiger partial charge in [0.2, 0.25) is 0 Å². The van der Waals surface area contributed by atoms with E-state index in [1.807, 2.05) is 18.7 Å². The van der Waals surface area contributed by atoms with Crippen molar-refractivity contribution >= 4 is 16.9 Å². The third-order valence-electron chi connectivity index (χ3n) is 2.98. The van der Waals surface area contributed by atoms with E-state index in [1.54, 1.807) is 7.11 Å². The predicted molar refractivity (Wildman–Crippen MR) is 78.4 cm³/mol. The standard InChI is InChI=1S/C13H26N2O2S/c1-5-17-8-12(10(2)3)15-13-14-11(9-18-13)6-7-16-4/h10-12H,5-9H2,1-4H3,(H,14,15). The summed E-state index contributed by atoms with van der Waals surface area (Å²) in [5.74, 6) is 1.60. The molecule has 2 unspecified atom stereocenters. The number of nitrogens with zero attached hydrogens (tertiary/aromatic N) is 1. The number of hydrogen-bond donors (Lipinski definition) is 1. The molecule has 0 aromatic heterocycles. The molecule has 1 aliphatic heterocycles. The minimum absolute atomic E-state index is 0.345. The molecule has 106 valence electrons. The van der Waals surface area contributed by atoms with E-state index in [-0.39, 0.29) is 0 Å². The summed E-state index contributed by atoms with van der Waals surface area (Å²) >= 11 is 1.81. The third-order valence-corrected chi connectivity index (χ3v) is 4.03. The predicted octanol–water partition coefficient (Wildman–Crippen LogP) is 2.14. The average molecular weight is 274 g/mol. The van der Waals surface area contributed by atoms with Gasteiger partial charge in [-0.05, 0) is 19.3 Å². The molecule has 0 fully saturated rings. The van der Waals surface area contributed by atoms with Crippen LogP contribution in [-0.2, 0) is 9.47 Å². The summed E-state index contributed by atoms with van der Waals surface area (Å²) in [7, 11) is 1.74. The molecule has 4 nitrogen and oxygen atoms in total. The molecule has 1 N–H and O–H groups in total. The molecule has 1 rings (SSSR count). The fourth-order valence-corrected chi connectivity index (χ4v) is 2.75. The van der Waals surface area contributed by atoms with Gasteiger partial charge in [-0.1, -0.05) is 25.6 Å².